The molecule has 0 bridgehead atoms. The van der Waals surface area contributed by atoms with Crippen molar-refractivity contribution in [1.82, 2.24) is 0 Å². The maximum absolute atomic E-state index is 13.4. The Kier molecular flexibility index (Phi) is 7.28. The predicted molar refractivity (Wildman–Crippen MR) is 137 cm³/mol. The van der Waals surface area contributed by atoms with E-state index >= 15 is 0 Å². The minimum absolute atomic E-state index is 0.0844. The van der Waals surface area contributed by atoms with Gasteiger partial charge in [0.25, 0.3) is 0 Å². The largest absolute Gasteiger partial charge is 0.414 e. The molecular weight excluding hydrogens is 477 g/mol. The second-order valence-electron chi connectivity index (χ2n) is 13.6. The van der Waals surface area contributed by atoms with E-state index in [4.69, 9.17) is 4.74 Å². The molecule has 4 saturated carbocycles. The van der Waals surface area contributed by atoms with Gasteiger partial charge in [0.1, 0.15) is 0 Å². The maximum atomic E-state index is 13.4. The van der Waals surface area contributed by atoms with Gasteiger partial charge >= 0.3 is 6.18 Å². The molecule has 4 aliphatic carbocycles. The van der Waals surface area contributed by atoms with Gasteiger partial charge in [0, 0.05) is 0 Å². The molecule has 4 fully saturated rings. The van der Waals surface area contributed by atoms with Crippen LogP contribution in [0.3, 0.4) is 0 Å². The van der Waals surface area contributed by atoms with Gasteiger partial charge in [-0.2, -0.15) is 13.2 Å². The Hall–Kier alpha value is -1.11. The van der Waals surface area contributed by atoms with Gasteiger partial charge in [-0.1, -0.05) is 51.1 Å². The number of benzene rings is 1. The summed E-state index contributed by atoms with van der Waals surface area (Å²) in [7, 11) is 0. The normalized spacial score (nSPS) is 43.4. The van der Waals surface area contributed by atoms with Crippen LogP contribution in [-0.2, 0) is 11.3 Å². The first-order chi connectivity index (χ1) is 17.4. The van der Waals surface area contributed by atoms with Crippen molar-refractivity contribution in [2.75, 3.05) is 6.61 Å². The van der Waals surface area contributed by atoms with Crippen LogP contribution in [0.4, 0.5) is 13.2 Å². The highest BCUT2D eigenvalue weighted by Gasteiger charge is 2.62. The minimum Gasteiger partial charge on any atom is -0.387 e. The van der Waals surface area contributed by atoms with Crippen LogP contribution in [0.2, 0.25) is 0 Å². The number of aliphatic hydroxyl groups is 2. The number of fused-ring (bicyclic) bond motifs is 5. The van der Waals surface area contributed by atoms with Crippen molar-refractivity contribution in [3.05, 3.63) is 35.9 Å². The topological polar surface area (TPSA) is 49.7 Å². The molecule has 6 heteroatoms. The van der Waals surface area contributed by atoms with Gasteiger partial charge < -0.3 is 14.9 Å². The number of halogens is 3. The molecule has 10 atom stereocenters. The maximum Gasteiger partial charge on any atom is 0.414 e. The monoisotopic (exact) mass is 522 g/mol. The third-order valence-corrected chi connectivity index (χ3v) is 11.8. The van der Waals surface area contributed by atoms with Gasteiger partial charge in [-0.25, -0.2) is 0 Å². The minimum atomic E-state index is -4.56. The zero-order valence-corrected chi connectivity index (χ0v) is 22.6. The average Bonchev–Trinajstić information content (AvgIpc) is 3.21. The van der Waals surface area contributed by atoms with E-state index in [2.05, 4.69) is 13.8 Å². The molecule has 0 amide bonds. The standard InChI is InChI=1S/C31H45F3O3/c1-20(27(35)31(32,33)34)24-11-12-25-23-10-9-22-17-30(36,19-37-18-21-7-5-4-6-8-21)16-15-28(22,2)26(23)13-14-29(24,25)3/h4-8,20,22-27,35-36H,9-19H2,1-3H3/t20-,22+,23-,24+,25-,26-,27-,28-,29+,30+/m0/s1. The quantitative estimate of drug-likeness (QED) is 0.417. The van der Waals surface area contributed by atoms with E-state index in [9.17, 15) is 23.4 Å². The van der Waals surface area contributed by atoms with Crippen molar-refractivity contribution in [2.24, 2.45) is 46.3 Å². The van der Waals surface area contributed by atoms with E-state index in [0.29, 0.717) is 36.9 Å². The first kappa shape index (κ1) is 27.5. The van der Waals surface area contributed by atoms with Gasteiger partial charge in [-0.3, -0.25) is 0 Å². The predicted octanol–water partition coefficient (Wildman–Crippen LogP) is 7.15. The molecule has 37 heavy (non-hydrogen) atoms. The molecule has 1 aromatic rings. The zero-order chi connectivity index (χ0) is 26.6. The van der Waals surface area contributed by atoms with Crippen molar-refractivity contribution in [2.45, 2.75) is 103 Å². The molecule has 5 rings (SSSR count). The highest BCUT2D eigenvalue weighted by molar-refractivity contribution is 5.14. The number of ether oxygens (including phenoxy) is 1. The third-order valence-electron chi connectivity index (χ3n) is 11.8. The summed E-state index contributed by atoms with van der Waals surface area (Å²) >= 11 is 0. The van der Waals surface area contributed by atoms with Crippen LogP contribution in [0, 0.1) is 46.3 Å². The smallest absolute Gasteiger partial charge is 0.387 e. The van der Waals surface area contributed by atoms with E-state index in [1.54, 1.807) is 6.92 Å². The van der Waals surface area contributed by atoms with Crippen molar-refractivity contribution < 1.29 is 28.1 Å². The van der Waals surface area contributed by atoms with Crippen LogP contribution in [0.25, 0.3) is 0 Å². The van der Waals surface area contributed by atoms with Gasteiger partial charge in [0.15, 0.2) is 6.10 Å². The molecule has 0 radical (unpaired) electrons. The lowest BCUT2D eigenvalue weighted by molar-refractivity contribution is -0.228. The highest BCUT2D eigenvalue weighted by Crippen LogP contribution is 2.69. The van der Waals surface area contributed by atoms with Crippen molar-refractivity contribution >= 4 is 0 Å². The number of alkyl halides is 3. The zero-order valence-electron chi connectivity index (χ0n) is 22.6. The lowest BCUT2D eigenvalue weighted by Crippen LogP contribution is -2.57. The Morgan fingerprint density at radius 1 is 0.946 bits per heavy atom. The van der Waals surface area contributed by atoms with Gasteiger partial charge in [0.2, 0.25) is 0 Å². The Morgan fingerprint density at radius 2 is 1.65 bits per heavy atom. The molecule has 0 aliphatic heterocycles. The van der Waals surface area contributed by atoms with Crippen LogP contribution in [-0.4, -0.2) is 34.7 Å². The molecule has 4 aliphatic rings. The number of rotatable bonds is 6. The summed E-state index contributed by atoms with van der Waals surface area (Å²) in [6, 6.07) is 10.1. The molecule has 0 aromatic heterocycles. The van der Waals surface area contributed by atoms with E-state index in [-0.39, 0.29) is 16.7 Å². The van der Waals surface area contributed by atoms with Gasteiger partial charge in [-0.15, -0.1) is 0 Å². The van der Waals surface area contributed by atoms with Gasteiger partial charge in [-0.05, 0) is 110 Å². The van der Waals surface area contributed by atoms with Crippen LogP contribution in [0.5, 0.6) is 0 Å². The molecule has 0 spiro atoms. The van der Waals surface area contributed by atoms with Crippen LogP contribution >= 0.6 is 0 Å². The van der Waals surface area contributed by atoms with Crippen molar-refractivity contribution in [3.63, 3.8) is 0 Å². The van der Waals surface area contributed by atoms with Gasteiger partial charge in [0.05, 0.1) is 18.8 Å². The fraction of sp³-hybridized carbons (Fsp3) is 0.806. The van der Waals surface area contributed by atoms with E-state index < -0.39 is 23.8 Å². The van der Waals surface area contributed by atoms with E-state index in [0.717, 1.165) is 63.4 Å². The molecule has 0 heterocycles. The summed E-state index contributed by atoms with van der Waals surface area (Å²) in [4.78, 5) is 0. The Balaban J connectivity index is 1.24. The van der Waals surface area contributed by atoms with Crippen LogP contribution in [0.1, 0.15) is 84.1 Å². The number of hydrogen-bond donors (Lipinski definition) is 2. The highest BCUT2D eigenvalue weighted by atomic mass is 19.4. The van der Waals surface area contributed by atoms with Crippen LogP contribution < -0.4 is 0 Å². The summed E-state index contributed by atoms with van der Waals surface area (Å²) in [5, 5.41) is 21.5. The third kappa shape index (κ3) is 4.89. The number of aliphatic hydroxyl groups excluding tert-OH is 1. The van der Waals surface area contributed by atoms with Crippen LogP contribution in [0.15, 0.2) is 30.3 Å². The molecule has 0 unspecified atom stereocenters. The summed E-state index contributed by atoms with van der Waals surface area (Å²) in [6.07, 6.45) is 1.68. The molecule has 208 valence electrons. The van der Waals surface area contributed by atoms with Crippen molar-refractivity contribution in [3.8, 4) is 0 Å². The van der Waals surface area contributed by atoms with Crippen molar-refractivity contribution in [1.29, 1.82) is 0 Å². The molecule has 3 nitrogen and oxygen atoms in total. The first-order valence-corrected chi connectivity index (χ1v) is 14.5. The average molecular weight is 523 g/mol. The summed E-state index contributed by atoms with van der Waals surface area (Å²) in [6.45, 7) is 7.15. The lowest BCUT2D eigenvalue weighted by Gasteiger charge is -2.62. The summed E-state index contributed by atoms with van der Waals surface area (Å²) < 4.78 is 46.0. The summed E-state index contributed by atoms with van der Waals surface area (Å²) in [5.74, 6) is 1.16. The molecule has 0 saturated heterocycles. The molecular formula is C31H45F3O3. The lowest BCUT2D eigenvalue weighted by atomic mass is 9.43. The Morgan fingerprint density at radius 3 is 2.35 bits per heavy atom. The van der Waals surface area contributed by atoms with E-state index in [1.165, 1.54) is 0 Å². The second-order valence-corrected chi connectivity index (χ2v) is 13.6. The molecule has 1 aromatic carbocycles. The Bertz CT molecular complexity index is 937. The fourth-order valence-corrected chi connectivity index (χ4v) is 9.81. The SMILES string of the molecule is C[C@@H]([C@H]1CC[C@H]2[C@@H]3CC[C@@H]4C[C@@](O)(COCc5ccccc5)CC[C@]4(C)[C@H]3CC[C@]12C)[C@H](O)C(F)(F)F. The summed E-state index contributed by atoms with van der Waals surface area (Å²) in [5.41, 5.74) is 0.378. The number of hydrogen-bond acceptors (Lipinski definition) is 3. The fourth-order valence-electron chi connectivity index (χ4n) is 9.81. The first-order valence-electron chi connectivity index (χ1n) is 14.5. The second kappa shape index (κ2) is 9.82. The Labute approximate surface area is 220 Å². The molecule has 2 N–H and O–H groups in total. The van der Waals surface area contributed by atoms with E-state index in [1.807, 2.05) is 30.3 Å².